The molecule has 2 aromatic rings. The second kappa shape index (κ2) is 8.52. The minimum absolute atomic E-state index is 0.385. The topological polar surface area (TPSA) is 95.2 Å². The molecule has 0 bridgehead atoms. The lowest BCUT2D eigenvalue weighted by Crippen LogP contribution is -1.98. The fraction of sp³-hybridized carbons (Fsp3) is 0.250. The van der Waals surface area contributed by atoms with Gasteiger partial charge in [-0.05, 0) is 29.3 Å². The first-order valence-corrected chi connectivity index (χ1v) is 7.81. The van der Waals surface area contributed by atoms with Gasteiger partial charge in [-0.15, -0.1) is 9.63 Å². The molecular weight excluding hydrogens is 312 g/mol. The summed E-state index contributed by atoms with van der Waals surface area (Å²) < 4.78 is 14.6. The molecule has 122 valence electrons. The molecule has 2 rings (SSSR count). The molecule has 0 aliphatic carbocycles. The van der Waals surface area contributed by atoms with Crippen LogP contribution in [0.25, 0.3) is 0 Å². The Morgan fingerprint density at radius 1 is 0.913 bits per heavy atom. The summed E-state index contributed by atoms with van der Waals surface area (Å²) in [7, 11) is 3.23. The molecule has 0 aliphatic rings. The van der Waals surface area contributed by atoms with Crippen LogP contribution >= 0.6 is 11.9 Å². The predicted molar refractivity (Wildman–Crippen MR) is 92.1 cm³/mol. The molecule has 0 aromatic heterocycles. The third kappa shape index (κ3) is 4.44. The Morgan fingerprint density at radius 2 is 1.52 bits per heavy atom. The number of methoxy groups -OCH3 is 2. The Balaban J connectivity index is 2.21. The Morgan fingerprint density at radius 3 is 2.13 bits per heavy atom. The summed E-state index contributed by atoms with van der Waals surface area (Å²) in [6.45, 7) is 0.811. The lowest BCUT2D eigenvalue weighted by molar-refractivity contribution is 0.413. The average Bonchev–Trinajstić information content (AvgIpc) is 2.61. The third-order valence-electron chi connectivity index (χ3n) is 3.29. The van der Waals surface area contributed by atoms with Crippen LogP contribution in [0, 0.1) is 0 Å². The van der Waals surface area contributed by atoms with Crippen molar-refractivity contribution in [3.8, 4) is 11.5 Å². The van der Waals surface area contributed by atoms with Crippen molar-refractivity contribution < 1.29 is 9.47 Å². The molecule has 0 aliphatic heterocycles. The van der Waals surface area contributed by atoms with Gasteiger partial charge in [-0.25, -0.2) is 0 Å². The Kier molecular flexibility index (Phi) is 6.40. The monoisotopic (exact) mass is 332 g/mol. The standard InChI is InChI=1S/C16H20N4O2S/c1-21-13-5-3-11(9-17)15(7-13)19-20-23-16-8-14(22-2)6-4-12(16)10-18/h3-8H,9-10,17-18H2,1-2H3/b20-19+. The SMILES string of the molecule is COc1ccc(CN)c(/N=N/Sc2cc(OC)ccc2CN)c1. The zero-order valence-corrected chi connectivity index (χ0v) is 14.0. The highest BCUT2D eigenvalue weighted by Crippen LogP contribution is 2.31. The number of ether oxygens (including phenoxy) is 2. The van der Waals surface area contributed by atoms with Crippen molar-refractivity contribution >= 4 is 17.6 Å². The van der Waals surface area contributed by atoms with Crippen LogP contribution in [0.4, 0.5) is 5.69 Å². The summed E-state index contributed by atoms with van der Waals surface area (Å²) in [5.74, 6) is 1.47. The van der Waals surface area contributed by atoms with E-state index in [9.17, 15) is 0 Å². The minimum atomic E-state index is 0.385. The van der Waals surface area contributed by atoms with Crippen LogP contribution in [0.15, 0.2) is 50.9 Å². The molecule has 0 saturated carbocycles. The molecule has 0 atom stereocenters. The molecule has 0 saturated heterocycles. The highest BCUT2D eigenvalue weighted by atomic mass is 32.2. The van der Waals surface area contributed by atoms with Gasteiger partial charge in [0.05, 0.1) is 19.9 Å². The molecule has 2 aromatic carbocycles. The van der Waals surface area contributed by atoms with Crippen molar-refractivity contribution in [3.05, 3.63) is 47.5 Å². The molecule has 0 fully saturated rings. The van der Waals surface area contributed by atoms with E-state index in [1.54, 1.807) is 14.2 Å². The molecule has 23 heavy (non-hydrogen) atoms. The van der Waals surface area contributed by atoms with Crippen LogP contribution in [0.2, 0.25) is 0 Å². The average molecular weight is 332 g/mol. The fourth-order valence-corrected chi connectivity index (χ4v) is 2.61. The van der Waals surface area contributed by atoms with Crippen LogP contribution in [0.5, 0.6) is 11.5 Å². The summed E-state index contributed by atoms with van der Waals surface area (Å²) >= 11 is 1.25. The van der Waals surface area contributed by atoms with Crippen LogP contribution in [0.3, 0.4) is 0 Å². The maximum atomic E-state index is 5.75. The highest BCUT2D eigenvalue weighted by Gasteiger charge is 2.05. The van der Waals surface area contributed by atoms with Gasteiger partial charge in [0.2, 0.25) is 0 Å². The van der Waals surface area contributed by atoms with Gasteiger partial charge in [-0.1, -0.05) is 12.1 Å². The predicted octanol–water partition coefficient (Wildman–Crippen LogP) is 3.41. The summed E-state index contributed by atoms with van der Waals surface area (Å²) in [4.78, 5) is 0.910. The van der Waals surface area contributed by atoms with E-state index in [-0.39, 0.29) is 0 Å². The van der Waals surface area contributed by atoms with Crippen molar-refractivity contribution in [2.24, 2.45) is 21.1 Å². The number of benzene rings is 2. The minimum Gasteiger partial charge on any atom is -0.497 e. The van der Waals surface area contributed by atoms with E-state index in [1.807, 2.05) is 36.4 Å². The highest BCUT2D eigenvalue weighted by molar-refractivity contribution is 7.98. The molecule has 6 nitrogen and oxygen atoms in total. The molecule has 0 unspecified atom stereocenters. The van der Waals surface area contributed by atoms with Crippen LogP contribution in [-0.2, 0) is 13.1 Å². The lowest BCUT2D eigenvalue weighted by atomic mass is 10.2. The third-order valence-corrected chi connectivity index (χ3v) is 4.03. The van der Waals surface area contributed by atoms with Gasteiger partial charge in [-0.3, -0.25) is 0 Å². The van der Waals surface area contributed by atoms with Gasteiger partial charge in [-0.2, -0.15) is 0 Å². The van der Waals surface area contributed by atoms with Crippen molar-refractivity contribution in [1.82, 2.24) is 0 Å². The van der Waals surface area contributed by atoms with Crippen LogP contribution in [-0.4, -0.2) is 14.2 Å². The van der Waals surface area contributed by atoms with E-state index < -0.39 is 0 Å². The Hall–Kier alpha value is -2.09. The first kappa shape index (κ1) is 17.3. The normalized spacial score (nSPS) is 11.0. The maximum absolute atomic E-state index is 5.75. The molecule has 0 amide bonds. The molecule has 7 heteroatoms. The first-order valence-electron chi connectivity index (χ1n) is 7.03. The van der Waals surface area contributed by atoms with E-state index in [1.165, 1.54) is 11.9 Å². The second-order valence-corrected chi connectivity index (χ2v) is 5.44. The van der Waals surface area contributed by atoms with E-state index in [4.69, 9.17) is 20.9 Å². The van der Waals surface area contributed by atoms with Gasteiger partial charge in [0.25, 0.3) is 0 Å². The molecule has 4 N–H and O–H groups in total. The molecule has 0 heterocycles. The van der Waals surface area contributed by atoms with E-state index in [0.717, 1.165) is 21.8 Å². The van der Waals surface area contributed by atoms with Crippen LogP contribution < -0.4 is 20.9 Å². The van der Waals surface area contributed by atoms with Gasteiger partial charge in [0.1, 0.15) is 11.5 Å². The summed E-state index contributed by atoms with van der Waals surface area (Å²) in [6.07, 6.45) is 0. The number of rotatable bonds is 7. The van der Waals surface area contributed by atoms with Crippen molar-refractivity contribution in [2.75, 3.05) is 14.2 Å². The number of nitrogens with two attached hydrogens (primary N) is 2. The molecular formula is C16H20N4O2S. The van der Waals surface area contributed by atoms with Gasteiger partial charge in [0.15, 0.2) is 0 Å². The maximum Gasteiger partial charge on any atom is 0.121 e. The molecule has 0 spiro atoms. The van der Waals surface area contributed by atoms with Crippen molar-refractivity contribution in [1.29, 1.82) is 0 Å². The van der Waals surface area contributed by atoms with Crippen LogP contribution in [0.1, 0.15) is 11.1 Å². The second-order valence-electron chi connectivity index (χ2n) is 4.65. The number of nitrogens with zero attached hydrogens (tertiary/aromatic N) is 2. The number of hydrogen-bond acceptors (Lipinski definition) is 7. The zero-order chi connectivity index (χ0) is 16.7. The zero-order valence-electron chi connectivity index (χ0n) is 13.2. The summed E-state index contributed by atoms with van der Waals surface area (Å²) in [5, 5.41) is 4.26. The van der Waals surface area contributed by atoms with Gasteiger partial charge < -0.3 is 20.9 Å². The molecule has 0 radical (unpaired) electrons. The summed E-state index contributed by atoms with van der Waals surface area (Å²) in [5.41, 5.74) is 14.1. The summed E-state index contributed by atoms with van der Waals surface area (Å²) in [6, 6.07) is 11.2. The lowest BCUT2D eigenvalue weighted by Gasteiger charge is -2.07. The largest absolute Gasteiger partial charge is 0.497 e. The van der Waals surface area contributed by atoms with E-state index >= 15 is 0 Å². The van der Waals surface area contributed by atoms with E-state index in [2.05, 4.69) is 9.63 Å². The Labute approximate surface area is 140 Å². The quantitative estimate of drug-likeness (QED) is 0.598. The Bertz CT molecular complexity index is 692. The van der Waals surface area contributed by atoms with Crippen molar-refractivity contribution in [3.63, 3.8) is 0 Å². The van der Waals surface area contributed by atoms with Gasteiger partial charge in [0, 0.05) is 36.0 Å². The van der Waals surface area contributed by atoms with Gasteiger partial charge >= 0.3 is 0 Å². The van der Waals surface area contributed by atoms with E-state index in [0.29, 0.717) is 24.5 Å². The fourth-order valence-electron chi connectivity index (χ4n) is 1.96. The number of hydrogen-bond donors (Lipinski definition) is 2. The smallest absolute Gasteiger partial charge is 0.121 e. The van der Waals surface area contributed by atoms with Crippen molar-refractivity contribution in [2.45, 2.75) is 18.0 Å². The first-order chi connectivity index (χ1) is 11.2.